The zero-order chi connectivity index (χ0) is 17.9. The third-order valence-electron chi connectivity index (χ3n) is 3.55. The van der Waals surface area contributed by atoms with Crippen molar-refractivity contribution in [3.8, 4) is 17.0 Å². The van der Waals surface area contributed by atoms with Gasteiger partial charge in [0.1, 0.15) is 10.6 Å². The van der Waals surface area contributed by atoms with Gasteiger partial charge in [-0.15, -0.1) is 0 Å². The lowest BCUT2D eigenvalue weighted by molar-refractivity contribution is 0.402. The Kier molecular flexibility index (Phi) is 5.39. The Morgan fingerprint density at radius 3 is 2.84 bits per heavy atom. The van der Waals surface area contributed by atoms with Gasteiger partial charge in [0.05, 0.1) is 12.8 Å². The molecule has 0 aliphatic carbocycles. The number of aromatic nitrogens is 1. The molecule has 0 bridgehead atoms. The zero-order valence-electron chi connectivity index (χ0n) is 13.3. The van der Waals surface area contributed by atoms with Gasteiger partial charge in [-0.25, -0.2) is 13.1 Å². The van der Waals surface area contributed by atoms with Gasteiger partial charge in [-0.3, -0.25) is 4.98 Å². The molecule has 0 spiro atoms. The summed E-state index contributed by atoms with van der Waals surface area (Å²) in [5.41, 5.74) is 2.50. The summed E-state index contributed by atoms with van der Waals surface area (Å²) in [5.74, 6) is 0.237. The molecule has 3 rings (SSSR count). The SMILES string of the molecule is COc1ccc(Cl)cc1S(=O)(=O)NCc1cccnc1-c1ccsc1. The molecule has 0 aliphatic rings. The van der Waals surface area contributed by atoms with Crippen LogP contribution in [0, 0.1) is 0 Å². The number of hydrogen-bond donors (Lipinski definition) is 1. The number of nitrogens with zero attached hydrogens (tertiary/aromatic N) is 1. The summed E-state index contributed by atoms with van der Waals surface area (Å²) >= 11 is 7.49. The number of thiophene rings is 1. The molecule has 0 amide bonds. The Labute approximate surface area is 155 Å². The Balaban J connectivity index is 1.88. The molecule has 1 aromatic carbocycles. The van der Waals surface area contributed by atoms with Crippen LogP contribution < -0.4 is 9.46 Å². The normalized spacial score (nSPS) is 11.4. The van der Waals surface area contributed by atoms with E-state index in [2.05, 4.69) is 9.71 Å². The van der Waals surface area contributed by atoms with Gasteiger partial charge in [-0.05, 0) is 41.3 Å². The van der Waals surface area contributed by atoms with Crippen LogP contribution in [0.5, 0.6) is 5.75 Å². The lowest BCUT2D eigenvalue weighted by Gasteiger charge is -2.12. The highest BCUT2D eigenvalue weighted by Crippen LogP contribution is 2.28. The summed E-state index contributed by atoms with van der Waals surface area (Å²) in [7, 11) is -2.38. The van der Waals surface area contributed by atoms with Crippen LogP contribution in [-0.4, -0.2) is 20.5 Å². The van der Waals surface area contributed by atoms with E-state index in [1.807, 2.05) is 22.9 Å². The highest BCUT2D eigenvalue weighted by atomic mass is 35.5. The summed E-state index contributed by atoms with van der Waals surface area (Å²) in [6, 6.07) is 10.0. The van der Waals surface area contributed by atoms with E-state index < -0.39 is 10.0 Å². The maximum absolute atomic E-state index is 12.7. The quantitative estimate of drug-likeness (QED) is 0.687. The summed E-state index contributed by atoms with van der Waals surface area (Å²) in [6.07, 6.45) is 1.69. The molecule has 8 heteroatoms. The maximum Gasteiger partial charge on any atom is 0.244 e. The second kappa shape index (κ2) is 7.53. The van der Waals surface area contributed by atoms with Crippen LogP contribution in [0.1, 0.15) is 5.56 Å². The molecule has 2 heterocycles. The molecule has 130 valence electrons. The average molecular weight is 395 g/mol. The monoisotopic (exact) mass is 394 g/mol. The third kappa shape index (κ3) is 4.01. The first-order valence-electron chi connectivity index (χ1n) is 7.31. The minimum Gasteiger partial charge on any atom is -0.495 e. The smallest absolute Gasteiger partial charge is 0.244 e. The van der Waals surface area contributed by atoms with E-state index >= 15 is 0 Å². The van der Waals surface area contributed by atoms with E-state index in [1.54, 1.807) is 29.7 Å². The highest BCUT2D eigenvalue weighted by Gasteiger charge is 2.20. The Morgan fingerprint density at radius 1 is 1.28 bits per heavy atom. The van der Waals surface area contributed by atoms with E-state index in [0.29, 0.717) is 5.02 Å². The average Bonchev–Trinajstić information content (AvgIpc) is 3.15. The second-order valence-electron chi connectivity index (χ2n) is 5.14. The van der Waals surface area contributed by atoms with Crippen LogP contribution in [0.4, 0.5) is 0 Å². The molecule has 5 nitrogen and oxygen atoms in total. The van der Waals surface area contributed by atoms with Gasteiger partial charge in [0.2, 0.25) is 10.0 Å². The van der Waals surface area contributed by atoms with Gasteiger partial charge in [-0.1, -0.05) is 17.7 Å². The van der Waals surface area contributed by atoms with Crippen LogP contribution in [0.2, 0.25) is 5.02 Å². The van der Waals surface area contributed by atoms with Crippen LogP contribution in [0.25, 0.3) is 11.3 Å². The molecule has 0 unspecified atom stereocenters. The number of nitrogens with one attached hydrogen (secondary N) is 1. The fourth-order valence-corrected chi connectivity index (χ4v) is 4.43. The van der Waals surface area contributed by atoms with Crippen molar-refractivity contribution in [2.75, 3.05) is 7.11 Å². The lowest BCUT2D eigenvalue weighted by Crippen LogP contribution is -2.24. The molecule has 0 saturated heterocycles. The summed E-state index contributed by atoms with van der Waals surface area (Å²) in [6.45, 7) is 0.108. The fourth-order valence-electron chi connectivity index (χ4n) is 2.35. The molecule has 0 atom stereocenters. The fraction of sp³-hybridized carbons (Fsp3) is 0.118. The molecular weight excluding hydrogens is 380 g/mol. The molecule has 0 radical (unpaired) electrons. The van der Waals surface area contributed by atoms with Gasteiger partial charge in [0.25, 0.3) is 0 Å². The minimum absolute atomic E-state index is 0.00322. The van der Waals surface area contributed by atoms with E-state index in [4.69, 9.17) is 16.3 Å². The zero-order valence-corrected chi connectivity index (χ0v) is 15.7. The standard InChI is InChI=1S/C17H15ClN2O3S2/c1-23-15-5-4-14(18)9-16(15)25(21,22)20-10-12-3-2-7-19-17(12)13-6-8-24-11-13/h2-9,11,20H,10H2,1H3. The molecule has 1 N–H and O–H groups in total. The first kappa shape index (κ1) is 17.9. The Hall–Kier alpha value is -1.93. The van der Waals surface area contributed by atoms with Crippen molar-refractivity contribution in [3.05, 3.63) is 63.9 Å². The number of sulfonamides is 1. The molecule has 0 fully saturated rings. The first-order valence-corrected chi connectivity index (χ1v) is 10.1. The second-order valence-corrected chi connectivity index (χ2v) is 8.09. The summed E-state index contributed by atoms with van der Waals surface area (Å²) in [4.78, 5) is 4.37. The van der Waals surface area contributed by atoms with Crippen LogP contribution in [-0.2, 0) is 16.6 Å². The van der Waals surface area contributed by atoms with Crippen molar-refractivity contribution >= 4 is 33.0 Å². The van der Waals surface area contributed by atoms with Crippen molar-refractivity contribution in [3.63, 3.8) is 0 Å². The van der Waals surface area contributed by atoms with Crippen molar-refractivity contribution in [1.29, 1.82) is 0 Å². The molecule has 0 saturated carbocycles. The van der Waals surface area contributed by atoms with E-state index in [1.165, 1.54) is 19.2 Å². The number of pyridine rings is 1. The Bertz CT molecular complexity index is 973. The van der Waals surface area contributed by atoms with Gasteiger partial charge >= 0.3 is 0 Å². The van der Waals surface area contributed by atoms with Gasteiger partial charge in [0, 0.05) is 28.7 Å². The van der Waals surface area contributed by atoms with Crippen LogP contribution in [0.15, 0.2) is 58.3 Å². The molecule has 2 aromatic heterocycles. The van der Waals surface area contributed by atoms with E-state index in [-0.39, 0.29) is 17.2 Å². The highest BCUT2D eigenvalue weighted by molar-refractivity contribution is 7.89. The van der Waals surface area contributed by atoms with Crippen molar-refractivity contribution in [2.45, 2.75) is 11.4 Å². The number of methoxy groups -OCH3 is 1. The van der Waals surface area contributed by atoms with Crippen molar-refractivity contribution in [1.82, 2.24) is 9.71 Å². The lowest BCUT2D eigenvalue weighted by atomic mass is 10.1. The minimum atomic E-state index is -3.79. The van der Waals surface area contributed by atoms with Crippen LogP contribution in [0.3, 0.4) is 0 Å². The van der Waals surface area contributed by atoms with E-state index in [0.717, 1.165) is 16.8 Å². The van der Waals surface area contributed by atoms with E-state index in [9.17, 15) is 8.42 Å². The van der Waals surface area contributed by atoms with Gasteiger partial charge in [-0.2, -0.15) is 11.3 Å². The number of benzene rings is 1. The van der Waals surface area contributed by atoms with Gasteiger partial charge in [0.15, 0.2) is 0 Å². The van der Waals surface area contributed by atoms with Crippen molar-refractivity contribution in [2.24, 2.45) is 0 Å². The van der Waals surface area contributed by atoms with Crippen molar-refractivity contribution < 1.29 is 13.2 Å². The Morgan fingerprint density at radius 2 is 2.12 bits per heavy atom. The van der Waals surface area contributed by atoms with Crippen LogP contribution >= 0.6 is 22.9 Å². The summed E-state index contributed by atoms with van der Waals surface area (Å²) < 4.78 is 33.1. The summed E-state index contributed by atoms with van der Waals surface area (Å²) in [5, 5.41) is 4.25. The predicted octanol–water partition coefficient (Wildman–Crippen LogP) is 3.95. The largest absolute Gasteiger partial charge is 0.495 e. The topological polar surface area (TPSA) is 68.3 Å². The number of hydrogen-bond acceptors (Lipinski definition) is 5. The molecular formula is C17H15ClN2O3S2. The predicted molar refractivity (Wildman–Crippen MR) is 99.6 cm³/mol. The maximum atomic E-state index is 12.7. The molecule has 0 aliphatic heterocycles. The first-order chi connectivity index (χ1) is 12.0. The molecule has 3 aromatic rings. The number of rotatable bonds is 6. The molecule has 25 heavy (non-hydrogen) atoms. The number of ether oxygens (including phenoxy) is 1. The number of halogens is 1. The van der Waals surface area contributed by atoms with Gasteiger partial charge < -0.3 is 4.74 Å². The third-order valence-corrected chi connectivity index (χ3v) is 5.89.